The number of piperidine rings is 2. The largest absolute Gasteiger partial charge is 0.341 e. The van der Waals surface area contributed by atoms with Gasteiger partial charge in [0.1, 0.15) is 0 Å². The molecule has 2 saturated heterocycles. The lowest BCUT2D eigenvalue weighted by molar-refractivity contribution is -0.135. The summed E-state index contributed by atoms with van der Waals surface area (Å²) in [5.41, 5.74) is 6.17. The third-order valence-corrected chi connectivity index (χ3v) is 4.24. The van der Waals surface area contributed by atoms with Crippen LogP contribution in [0.4, 0.5) is 0 Å². The van der Waals surface area contributed by atoms with E-state index in [0.717, 1.165) is 45.4 Å². The highest BCUT2D eigenvalue weighted by atomic mass is 16.2. The number of carbonyl (C=O) groups excluding carboxylic acids is 1. The van der Waals surface area contributed by atoms with Crippen molar-refractivity contribution in [1.82, 2.24) is 9.80 Å². The summed E-state index contributed by atoms with van der Waals surface area (Å²) in [6, 6.07) is 0.338. The monoisotopic (exact) mass is 253 g/mol. The van der Waals surface area contributed by atoms with Crippen LogP contribution in [0.1, 0.15) is 39.5 Å². The Morgan fingerprint density at radius 1 is 1.28 bits per heavy atom. The highest BCUT2D eigenvalue weighted by Crippen LogP contribution is 2.28. The predicted molar refractivity (Wildman–Crippen MR) is 73.2 cm³/mol. The molecule has 0 aromatic rings. The third kappa shape index (κ3) is 3.69. The maximum atomic E-state index is 12.3. The molecule has 1 amide bonds. The normalized spacial score (nSPS) is 26.3. The van der Waals surface area contributed by atoms with E-state index in [0.29, 0.717) is 18.5 Å². The molecule has 104 valence electrons. The molecule has 4 nitrogen and oxygen atoms in total. The van der Waals surface area contributed by atoms with Crippen LogP contribution in [0.25, 0.3) is 0 Å². The highest BCUT2D eigenvalue weighted by molar-refractivity contribution is 5.78. The second-order valence-electron chi connectivity index (χ2n) is 6.70. The zero-order valence-electron chi connectivity index (χ0n) is 11.8. The number of amides is 1. The quantitative estimate of drug-likeness (QED) is 0.800. The summed E-state index contributed by atoms with van der Waals surface area (Å²) in [6.07, 6.45) is 4.43. The minimum absolute atomic E-state index is 0.290. The molecular formula is C14H27N3O. The van der Waals surface area contributed by atoms with E-state index in [1.807, 2.05) is 0 Å². The molecular weight excluding hydrogens is 226 g/mol. The average Bonchev–Trinajstić information content (AvgIpc) is 2.31. The number of hydrogen-bond acceptors (Lipinski definition) is 3. The van der Waals surface area contributed by atoms with E-state index in [9.17, 15) is 4.79 Å². The van der Waals surface area contributed by atoms with Crippen LogP contribution in [0.3, 0.4) is 0 Å². The first-order chi connectivity index (χ1) is 8.46. The Kier molecular flexibility index (Phi) is 4.28. The molecule has 2 aliphatic heterocycles. The molecule has 0 saturated carbocycles. The summed E-state index contributed by atoms with van der Waals surface area (Å²) in [6.45, 7) is 8.91. The molecule has 18 heavy (non-hydrogen) atoms. The van der Waals surface area contributed by atoms with Crippen molar-refractivity contribution in [3.8, 4) is 0 Å². The van der Waals surface area contributed by atoms with E-state index in [1.54, 1.807) is 0 Å². The molecule has 0 aliphatic carbocycles. The van der Waals surface area contributed by atoms with Crippen LogP contribution in [0.2, 0.25) is 0 Å². The molecule has 2 fully saturated rings. The lowest BCUT2D eigenvalue weighted by Crippen LogP contribution is -2.49. The van der Waals surface area contributed by atoms with Crippen LogP contribution in [0.15, 0.2) is 0 Å². The van der Waals surface area contributed by atoms with Gasteiger partial charge in [0.15, 0.2) is 0 Å². The summed E-state index contributed by atoms with van der Waals surface area (Å²) >= 11 is 0. The van der Waals surface area contributed by atoms with Crippen molar-refractivity contribution in [2.45, 2.75) is 45.6 Å². The summed E-state index contributed by atoms with van der Waals surface area (Å²) in [7, 11) is 0. The average molecular weight is 253 g/mol. The summed E-state index contributed by atoms with van der Waals surface area (Å²) < 4.78 is 0. The van der Waals surface area contributed by atoms with E-state index >= 15 is 0 Å². The van der Waals surface area contributed by atoms with Crippen LogP contribution in [-0.4, -0.2) is 54.5 Å². The molecule has 0 unspecified atom stereocenters. The number of nitrogens with zero attached hydrogens (tertiary/aromatic N) is 2. The van der Waals surface area contributed by atoms with Crippen LogP contribution in [0, 0.1) is 5.41 Å². The van der Waals surface area contributed by atoms with E-state index in [1.165, 1.54) is 6.42 Å². The molecule has 0 radical (unpaired) electrons. The van der Waals surface area contributed by atoms with Gasteiger partial charge in [0.25, 0.3) is 0 Å². The van der Waals surface area contributed by atoms with Gasteiger partial charge in [-0.25, -0.2) is 0 Å². The molecule has 2 aliphatic rings. The van der Waals surface area contributed by atoms with E-state index in [2.05, 4.69) is 23.6 Å². The third-order valence-electron chi connectivity index (χ3n) is 4.24. The second-order valence-corrected chi connectivity index (χ2v) is 6.70. The Labute approximate surface area is 110 Å². The van der Waals surface area contributed by atoms with Gasteiger partial charge in [-0.2, -0.15) is 0 Å². The first kappa shape index (κ1) is 13.8. The van der Waals surface area contributed by atoms with Crippen molar-refractivity contribution in [1.29, 1.82) is 0 Å². The van der Waals surface area contributed by atoms with Crippen molar-refractivity contribution in [2.75, 3.05) is 32.7 Å². The number of nitrogens with two attached hydrogens (primary N) is 1. The Bertz CT molecular complexity index is 295. The zero-order chi connectivity index (χ0) is 13.2. The fraction of sp³-hybridized carbons (Fsp3) is 0.929. The molecule has 2 heterocycles. The van der Waals surface area contributed by atoms with Gasteiger partial charge in [-0.3, -0.25) is 9.69 Å². The molecule has 0 atom stereocenters. The zero-order valence-corrected chi connectivity index (χ0v) is 11.8. The van der Waals surface area contributed by atoms with Gasteiger partial charge in [0, 0.05) is 32.2 Å². The SMILES string of the molecule is CC1(C)CCCN(C(=O)CN2CCC(N)CC2)C1. The van der Waals surface area contributed by atoms with Crippen molar-refractivity contribution in [3.63, 3.8) is 0 Å². The van der Waals surface area contributed by atoms with Gasteiger partial charge in [0.2, 0.25) is 5.91 Å². The second kappa shape index (κ2) is 5.57. The number of carbonyl (C=O) groups is 1. The minimum atomic E-state index is 0.290. The lowest BCUT2D eigenvalue weighted by atomic mass is 9.84. The van der Waals surface area contributed by atoms with Crippen molar-refractivity contribution >= 4 is 5.91 Å². The fourth-order valence-electron chi connectivity index (χ4n) is 3.04. The first-order valence-corrected chi connectivity index (χ1v) is 7.22. The number of rotatable bonds is 2. The molecule has 0 spiro atoms. The summed E-state index contributed by atoms with van der Waals surface area (Å²) in [4.78, 5) is 16.6. The maximum Gasteiger partial charge on any atom is 0.236 e. The predicted octanol–water partition coefficient (Wildman–Crippen LogP) is 1.06. The number of hydrogen-bond donors (Lipinski definition) is 1. The molecule has 0 bridgehead atoms. The molecule has 4 heteroatoms. The van der Waals surface area contributed by atoms with Gasteiger partial charge in [-0.15, -0.1) is 0 Å². The van der Waals surface area contributed by atoms with Crippen molar-refractivity contribution < 1.29 is 4.79 Å². The smallest absolute Gasteiger partial charge is 0.236 e. The Morgan fingerprint density at radius 2 is 1.94 bits per heavy atom. The standard InChI is InChI=1S/C14H27N3O/c1-14(2)6-3-7-17(11-14)13(18)10-16-8-4-12(15)5-9-16/h12H,3-11,15H2,1-2H3. The Morgan fingerprint density at radius 3 is 2.56 bits per heavy atom. The van der Waals surface area contributed by atoms with Gasteiger partial charge in [0.05, 0.1) is 6.54 Å². The van der Waals surface area contributed by atoms with E-state index in [4.69, 9.17) is 5.73 Å². The number of likely N-dealkylation sites (tertiary alicyclic amines) is 2. The van der Waals surface area contributed by atoms with Crippen LogP contribution < -0.4 is 5.73 Å². The highest BCUT2D eigenvalue weighted by Gasteiger charge is 2.30. The molecule has 0 aromatic heterocycles. The molecule has 2 N–H and O–H groups in total. The maximum absolute atomic E-state index is 12.3. The topological polar surface area (TPSA) is 49.6 Å². The Balaban J connectivity index is 1.80. The minimum Gasteiger partial charge on any atom is -0.341 e. The molecule has 2 rings (SSSR count). The first-order valence-electron chi connectivity index (χ1n) is 7.22. The van der Waals surface area contributed by atoms with Crippen LogP contribution in [0.5, 0.6) is 0 Å². The van der Waals surface area contributed by atoms with Crippen LogP contribution in [-0.2, 0) is 4.79 Å². The Hall–Kier alpha value is -0.610. The van der Waals surface area contributed by atoms with Gasteiger partial charge >= 0.3 is 0 Å². The van der Waals surface area contributed by atoms with Crippen molar-refractivity contribution in [2.24, 2.45) is 11.1 Å². The van der Waals surface area contributed by atoms with Gasteiger partial charge in [-0.05, 0) is 31.1 Å². The van der Waals surface area contributed by atoms with Crippen LogP contribution >= 0.6 is 0 Å². The molecule has 0 aromatic carbocycles. The summed E-state index contributed by atoms with van der Waals surface area (Å²) in [5.74, 6) is 0.304. The van der Waals surface area contributed by atoms with E-state index in [-0.39, 0.29) is 5.41 Å². The van der Waals surface area contributed by atoms with Gasteiger partial charge in [-0.1, -0.05) is 13.8 Å². The fourth-order valence-corrected chi connectivity index (χ4v) is 3.04. The van der Waals surface area contributed by atoms with E-state index < -0.39 is 0 Å². The summed E-state index contributed by atoms with van der Waals surface area (Å²) in [5, 5.41) is 0. The van der Waals surface area contributed by atoms with Crippen molar-refractivity contribution in [3.05, 3.63) is 0 Å². The lowest BCUT2D eigenvalue weighted by Gasteiger charge is -2.39. The van der Waals surface area contributed by atoms with Gasteiger partial charge < -0.3 is 10.6 Å².